The summed E-state index contributed by atoms with van der Waals surface area (Å²) in [6.45, 7) is 4.35. The first kappa shape index (κ1) is 28.0. The SMILES string of the molecule is CC(C)CCN(CC(=O)N(Cc1ccc(F)cc1)Cc1coc2ccccc2c1=O)C(=O)c1cccc(Cl)c1. The van der Waals surface area contributed by atoms with Gasteiger partial charge in [0.2, 0.25) is 5.91 Å². The van der Waals surface area contributed by atoms with Gasteiger partial charge in [0.1, 0.15) is 17.9 Å². The van der Waals surface area contributed by atoms with Crippen molar-refractivity contribution in [1.82, 2.24) is 9.80 Å². The van der Waals surface area contributed by atoms with Gasteiger partial charge in [-0.3, -0.25) is 14.4 Å². The van der Waals surface area contributed by atoms with Crippen LogP contribution in [0, 0.1) is 11.7 Å². The Morgan fingerprint density at radius 1 is 0.949 bits per heavy atom. The second-order valence-electron chi connectivity index (χ2n) is 9.88. The molecule has 0 bridgehead atoms. The Balaban J connectivity index is 1.64. The van der Waals surface area contributed by atoms with E-state index in [4.69, 9.17) is 16.0 Å². The van der Waals surface area contributed by atoms with E-state index in [1.807, 2.05) is 13.8 Å². The molecule has 0 fully saturated rings. The molecule has 1 heterocycles. The number of hydrogen-bond acceptors (Lipinski definition) is 4. The third-order valence-corrected chi connectivity index (χ3v) is 6.65. The topological polar surface area (TPSA) is 70.8 Å². The fourth-order valence-electron chi connectivity index (χ4n) is 4.21. The third-order valence-electron chi connectivity index (χ3n) is 6.41. The van der Waals surface area contributed by atoms with E-state index >= 15 is 0 Å². The minimum Gasteiger partial charge on any atom is -0.464 e. The van der Waals surface area contributed by atoms with E-state index in [1.165, 1.54) is 28.2 Å². The van der Waals surface area contributed by atoms with Gasteiger partial charge in [-0.1, -0.05) is 55.8 Å². The van der Waals surface area contributed by atoms with Crippen LogP contribution in [0.2, 0.25) is 5.02 Å². The third kappa shape index (κ3) is 7.33. The van der Waals surface area contributed by atoms with Gasteiger partial charge in [-0.2, -0.15) is 0 Å². The van der Waals surface area contributed by atoms with E-state index in [9.17, 15) is 18.8 Å². The highest BCUT2D eigenvalue weighted by atomic mass is 35.5. The maximum Gasteiger partial charge on any atom is 0.254 e. The average molecular weight is 549 g/mol. The summed E-state index contributed by atoms with van der Waals surface area (Å²) in [4.78, 5) is 43.3. The smallest absolute Gasteiger partial charge is 0.254 e. The molecule has 0 radical (unpaired) electrons. The van der Waals surface area contributed by atoms with Crippen molar-refractivity contribution in [3.05, 3.63) is 117 Å². The maximum absolute atomic E-state index is 13.8. The fourth-order valence-corrected chi connectivity index (χ4v) is 4.40. The second-order valence-corrected chi connectivity index (χ2v) is 10.3. The second kappa shape index (κ2) is 12.7. The van der Waals surface area contributed by atoms with Crippen molar-refractivity contribution in [2.24, 2.45) is 5.92 Å². The van der Waals surface area contributed by atoms with Gasteiger partial charge in [0.25, 0.3) is 5.91 Å². The van der Waals surface area contributed by atoms with Gasteiger partial charge < -0.3 is 14.2 Å². The van der Waals surface area contributed by atoms with E-state index in [1.54, 1.807) is 60.7 Å². The minimum atomic E-state index is -0.390. The maximum atomic E-state index is 13.8. The average Bonchev–Trinajstić information content (AvgIpc) is 2.92. The highest BCUT2D eigenvalue weighted by Crippen LogP contribution is 2.17. The lowest BCUT2D eigenvalue weighted by molar-refractivity contribution is -0.133. The summed E-state index contributed by atoms with van der Waals surface area (Å²) in [5.74, 6) is -0.740. The Kier molecular flexibility index (Phi) is 9.15. The van der Waals surface area contributed by atoms with Crippen molar-refractivity contribution in [2.75, 3.05) is 13.1 Å². The predicted octanol–water partition coefficient (Wildman–Crippen LogP) is 6.30. The molecule has 0 N–H and O–H groups in total. The quantitative estimate of drug-likeness (QED) is 0.233. The van der Waals surface area contributed by atoms with Gasteiger partial charge in [0, 0.05) is 23.7 Å². The summed E-state index contributed by atoms with van der Waals surface area (Å²) in [6.07, 6.45) is 2.06. The standard InChI is InChI=1S/C31H30ClFN2O4/c1-21(2)14-15-34(31(38)23-6-5-7-25(32)16-23)19-29(36)35(17-22-10-12-26(33)13-11-22)18-24-20-39-28-9-4-3-8-27(28)30(24)37/h3-13,16,20-21H,14-15,17-19H2,1-2H3. The highest BCUT2D eigenvalue weighted by Gasteiger charge is 2.24. The summed E-state index contributed by atoms with van der Waals surface area (Å²) >= 11 is 6.11. The molecule has 0 atom stereocenters. The zero-order chi connectivity index (χ0) is 27.9. The van der Waals surface area contributed by atoms with Gasteiger partial charge in [-0.15, -0.1) is 0 Å². The number of carbonyl (C=O) groups excluding carboxylic acids is 2. The molecule has 202 valence electrons. The Labute approximate surface area is 231 Å². The number of halogens is 2. The molecule has 4 aromatic rings. The molecule has 2 amide bonds. The van der Waals surface area contributed by atoms with Gasteiger partial charge in [0.05, 0.1) is 23.8 Å². The summed E-state index contributed by atoms with van der Waals surface area (Å²) in [7, 11) is 0. The van der Waals surface area contributed by atoms with Gasteiger partial charge in [-0.05, 0) is 60.4 Å². The molecule has 0 unspecified atom stereocenters. The lowest BCUT2D eigenvalue weighted by Crippen LogP contribution is -2.43. The number of carbonyl (C=O) groups is 2. The van der Waals surface area contributed by atoms with Crippen LogP contribution in [0.4, 0.5) is 4.39 Å². The number of benzene rings is 3. The van der Waals surface area contributed by atoms with Crippen molar-refractivity contribution < 1.29 is 18.4 Å². The Morgan fingerprint density at radius 2 is 1.69 bits per heavy atom. The summed E-state index contributed by atoms with van der Waals surface area (Å²) < 4.78 is 19.2. The molecular weight excluding hydrogens is 519 g/mol. The highest BCUT2D eigenvalue weighted by molar-refractivity contribution is 6.31. The fraction of sp³-hybridized carbons (Fsp3) is 0.258. The van der Waals surface area contributed by atoms with Crippen molar-refractivity contribution >= 4 is 34.4 Å². The van der Waals surface area contributed by atoms with Crippen LogP contribution in [0.15, 0.2) is 88.3 Å². The molecule has 6 nitrogen and oxygen atoms in total. The minimum absolute atomic E-state index is 0.0350. The number of fused-ring (bicyclic) bond motifs is 1. The van der Waals surface area contributed by atoms with Crippen LogP contribution in [-0.4, -0.2) is 34.7 Å². The largest absolute Gasteiger partial charge is 0.464 e. The van der Waals surface area contributed by atoms with Gasteiger partial charge in [0.15, 0.2) is 5.43 Å². The molecular formula is C31H30ClFN2O4. The van der Waals surface area contributed by atoms with Crippen LogP contribution in [0.5, 0.6) is 0 Å². The zero-order valence-corrected chi connectivity index (χ0v) is 22.7. The molecule has 4 rings (SSSR count). The van der Waals surface area contributed by atoms with Crippen LogP contribution < -0.4 is 5.43 Å². The van der Waals surface area contributed by atoms with Gasteiger partial charge in [-0.25, -0.2) is 4.39 Å². The van der Waals surface area contributed by atoms with E-state index in [0.717, 1.165) is 0 Å². The number of rotatable bonds is 10. The lowest BCUT2D eigenvalue weighted by atomic mass is 10.1. The Morgan fingerprint density at radius 3 is 2.41 bits per heavy atom. The van der Waals surface area contributed by atoms with Crippen LogP contribution >= 0.6 is 11.6 Å². The van der Waals surface area contributed by atoms with Crippen molar-refractivity contribution in [1.29, 1.82) is 0 Å². The number of hydrogen-bond donors (Lipinski definition) is 0. The Hall–Kier alpha value is -3.97. The first-order valence-electron chi connectivity index (χ1n) is 12.8. The van der Waals surface area contributed by atoms with E-state index < -0.39 is 5.82 Å². The lowest BCUT2D eigenvalue weighted by Gasteiger charge is -2.28. The predicted molar refractivity (Wildman–Crippen MR) is 150 cm³/mol. The molecule has 39 heavy (non-hydrogen) atoms. The first-order valence-corrected chi connectivity index (χ1v) is 13.2. The van der Waals surface area contributed by atoms with Crippen LogP contribution in [-0.2, 0) is 17.9 Å². The first-order chi connectivity index (χ1) is 18.7. The van der Waals surface area contributed by atoms with Gasteiger partial charge >= 0.3 is 0 Å². The van der Waals surface area contributed by atoms with E-state index in [-0.39, 0.29) is 36.9 Å². The number of para-hydroxylation sites is 1. The molecule has 0 saturated carbocycles. The molecule has 8 heteroatoms. The van der Waals surface area contributed by atoms with E-state index in [2.05, 4.69) is 0 Å². The number of amides is 2. The molecule has 0 aliphatic carbocycles. The van der Waals surface area contributed by atoms with Crippen LogP contribution in [0.1, 0.15) is 41.8 Å². The molecule has 0 saturated heterocycles. The van der Waals surface area contributed by atoms with Crippen molar-refractivity contribution in [3.63, 3.8) is 0 Å². The normalized spacial score (nSPS) is 11.1. The summed E-state index contributed by atoms with van der Waals surface area (Å²) in [5.41, 5.74) is 1.60. The molecule has 3 aromatic carbocycles. The molecule has 1 aromatic heterocycles. The summed E-state index contributed by atoms with van der Waals surface area (Å²) in [5, 5.41) is 0.843. The molecule has 0 spiro atoms. The van der Waals surface area contributed by atoms with Crippen molar-refractivity contribution in [2.45, 2.75) is 33.4 Å². The molecule has 0 aliphatic rings. The van der Waals surface area contributed by atoms with E-state index in [0.29, 0.717) is 51.6 Å². The van der Waals surface area contributed by atoms with Crippen molar-refractivity contribution in [3.8, 4) is 0 Å². The zero-order valence-electron chi connectivity index (χ0n) is 21.9. The van der Waals surface area contributed by atoms with Crippen LogP contribution in [0.25, 0.3) is 11.0 Å². The molecule has 0 aliphatic heterocycles. The Bertz CT molecular complexity index is 1520. The number of nitrogens with zero attached hydrogens (tertiary/aromatic N) is 2. The monoisotopic (exact) mass is 548 g/mol. The summed E-state index contributed by atoms with van der Waals surface area (Å²) in [6, 6.07) is 19.3. The van der Waals surface area contributed by atoms with Crippen LogP contribution in [0.3, 0.4) is 0 Å².